The van der Waals surface area contributed by atoms with Gasteiger partial charge in [-0.3, -0.25) is 4.79 Å². The molecule has 3 nitrogen and oxygen atoms in total. The molecule has 0 aliphatic carbocycles. The van der Waals surface area contributed by atoms with Crippen molar-refractivity contribution in [2.45, 2.75) is 12.5 Å². The van der Waals surface area contributed by atoms with Gasteiger partial charge in [0.05, 0.1) is 7.11 Å². The van der Waals surface area contributed by atoms with Crippen molar-refractivity contribution in [2.24, 2.45) is 5.73 Å². The summed E-state index contributed by atoms with van der Waals surface area (Å²) in [6.07, 6.45) is 0.472. The maximum atomic E-state index is 11.4. The molecule has 0 spiro atoms. The van der Waals surface area contributed by atoms with Gasteiger partial charge in [-0.2, -0.15) is 0 Å². The topological polar surface area (TPSA) is 52.3 Å². The molecule has 3 heteroatoms. The molecule has 0 fully saturated rings. The monoisotopic (exact) mass is 331 g/mol. The normalized spacial score (nSPS) is 11.8. The van der Waals surface area contributed by atoms with Crippen LogP contribution in [0, 0.1) is 0 Å². The number of esters is 1. The Hall–Kier alpha value is -2.91. The molecule has 0 saturated heterocycles. The molecule has 126 valence electrons. The Morgan fingerprint density at radius 1 is 0.800 bits per heavy atom. The van der Waals surface area contributed by atoms with Crippen LogP contribution >= 0.6 is 0 Å². The first-order valence-corrected chi connectivity index (χ1v) is 8.25. The molecule has 3 aromatic carbocycles. The highest BCUT2D eigenvalue weighted by Gasteiger charge is 2.14. The van der Waals surface area contributed by atoms with E-state index in [1.807, 2.05) is 30.3 Å². The van der Waals surface area contributed by atoms with E-state index < -0.39 is 6.04 Å². The summed E-state index contributed by atoms with van der Waals surface area (Å²) in [7, 11) is 1.35. The van der Waals surface area contributed by atoms with Crippen LogP contribution in [0.4, 0.5) is 0 Å². The summed E-state index contributed by atoms with van der Waals surface area (Å²) in [5, 5.41) is 0. The molecule has 0 saturated carbocycles. The molecule has 0 aliphatic rings. The van der Waals surface area contributed by atoms with Crippen molar-refractivity contribution in [3.63, 3.8) is 0 Å². The van der Waals surface area contributed by atoms with E-state index in [2.05, 4.69) is 53.3 Å². The van der Waals surface area contributed by atoms with E-state index in [0.29, 0.717) is 6.42 Å². The predicted octanol–water partition coefficient (Wildman–Crippen LogP) is 4.06. The molecule has 0 radical (unpaired) electrons. The smallest absolute Gasteiger partial charge is 0.322 e. The fourth-order valence-corrected chi connectivity index (χ4v) is 2.81. The zero-order chi connectivity index (χ0) is 17.6. The van der Waals surface area contributed by atoms with Gasteiger partial charge in [-0.1, -0.05) is 78.9 Å². The average molecular weight is 331 g/mol. The standard InChI is InChI=1S/C22H21NO2/c1-25-22(24)21(23)15-16-7-9-18(10-8-16)20-13-11-19(12-14-20)17-5-3-2-4-6-17/h2-14,21H,15,23H2,1H3. The van der Waals surface area contributed by atoms with Gasteiger partial charge in [0, 0.05) is 0 Å². The van der Waals surface area contributed by atoms with E-state index in [9.17, 15) is 4.79 Å². The van der Waals surface area contributed by atoms with Crippen LogP contribution in [-0.4, -0.2) is 19.1 Å². The quantitative estimate of drug-likeness (QED) is 0.717. The summed E-state index contributed by atoms with van der Waals surface area (Å²) in [5.41, 5.74) is 11.5. The minimum atomic E-state index is -0.624. The van der Waals surface area contributed by atoms with Gasteiger partial charge >= 0.3 is 5.97 Å². The van der Waals surface area contributed by atoms with Crippen LogP contribution in [0.2, 0.25) is 0 Å². The Labute approximate surface area is 148 Å². The Morgan fingerprint density at radius 2 is 1.24 bits per heavy atom. The molecule has 0 aliphatic heterocycles. The lowest BCUT2D eigenvalue weighted by Crippen LogP contribution is -2.33. The summed E-state index contributed by atoms with van der Waals surface area (Å²) in [4.78, 5) is 11.4. The summed E-state index contributed by atoms with van der Waals surface area (Å²) in [6, 6.07) is 26.3. The molecule has 0 amide bonds. The molecule has 0 aromatic heterocycles. The Kier molecular flexibility index (Phi) is 5.26. The summed E-state index contributed by atoms with van der Waals surface area (Å²) in [5.74, 6) is -0.388. The molecule has 1 atom stereocenters. The third-order valence-corrected chi connectivity index (χ3v) is 4.24. The first-order chi connectivity index (χ1) is 12.2. The zero-order valence-corrected chi connectivity index (χ0v) is 14.2. The van der Waals surface area contributed by atoms with Crippen molar-refractivity contribution in [3.05, 3.63) is 84.4 Å². The number of hydrogen-bond acceptors (Lipinski definition) is 3. The Morgan fingerprint density at radius 3 is 1.72 bits per heavy atom. The number of carbonyl (C=O) groups excluding carboxylic acids is 1. The molecule has 25 heavy (non-hydrogen) atoms. The van der Waals surface area contributed by atoms with Crippen LogP contribution < -0.4 is 5.73 Å². The van der Waals surface area contributed by atoms with Crippen molar-refractivity contribution >= 4 is 5.97 Å². The number of benzene rings is 3. The van der Waals surface area contributed by atoms with Gasteiger partial charge in [0.2, 0.25) is 0 Å². The van der Waals surface area contributed by atoms with Gasteiger partial charge in [-0.05, 0) is 34.2 Å². The van der Waals surface area contributed by atoms with Crippen molar-refractivity contribution in [2.75, 3.05) is 7.11 Å². The van der Waals surface area contributed by atoms with Crippen LogP contribution in [0.25, 0.3) is 22.3 Å². The van der Waals surface area contributed by atoms with Crippen molar-refractivity contribution < 1.29 is 9.53 Å². The predicted molar refractivity (Wildman–Crippen MR) is 101 cm³/mol. The van der Waals surface area contributed by atoms with Crippen molar-refractivity contribution in [3.8, 4) is 22.3 Å². The summed E-state index contributed by atoms with van der Waals surface area (Å²) < 4.78 is 4.66. The van der Waals surface area contributed by atoms with E-state index in [-0.39, 0.29) is 5.97 Å². The highest BCUT2D eigenvalue weighted by atomic mass is 16.5. The van der Waals surface area contributed by atoms with E-state index >= 15 is 0 Å². The van der Waals surface area contributed by atoms with E-state index in [0.717, 1.165) is 16.7 Å². The second kappa shape index (κ2) is 7.77. The fraction of sp³-hybridized carbons (Fsp3) is 0.136. The fourth-order valence-electron chi connectivity index (χ4n) is 2.81. The van der Waals surface area contributed by atoms with E-state index in [1.165, 1.54) is 18.2 Å². The number of nitrogens with two attached hydrogens (primary N) is 1. The lowest BCUT2D eigenvalue weighted by molar-refractivity contribution is -0.142. The van der Waals surface area contributed by atoms with Crippen LogP contribution in [0.15, 0.2) is 78.9 Å². The molecule has 0 bridgehead atoms. The number of carbonyl (C=O) groups is 1. The Bertz CT molecular complexity index is 824. The van der Waals surface area contributed by atoms with Crippen LogP contribution in [0.3, 0.4) is 0 Å². The maximum Gasteiger partial charge on any atom is 0.322 e. The number of rotatable bonds is 5. The molecular formula is C22H21NO2. The third kappa shape index (κ3) is 4.14. The van der Waals surface area contributed by atoms with Crippen LogP contribution in [0.5, 0.6) is 0 Å². The van der Waals surface area contributed by atoms with E-state index in [4.69, 9.17) is 5.73 Å². The van der Waals surface area contributed by atoms with Crippen molar-refractivity contribution in [1.82, 2.24) is 0 Å². The average Bonchev–Trinajstić information content (AvgIpc) is 2.68. The van der Waals surface area contributed by atoms with E-state index in [1.54, 1.807) is 0 Å². The summed E-state index contributed by atoms with van der Waals surface area (Å²) >= 11 is 0. The maximum absolute atomic E-state index is 11.4. The number of hydrogen-bond donors (Lipinski definition) is 1. The highest BCUT2D eigenvalue weighted by molar-refractivity contribution is 5.76. The number of ether oxygens (including phenoxy) is 1. The molecule has 3 rings (SSSR count). The zero-order valence-electron chi connectivity index (χ0n) is 14.2. The highest BCUT2D eigenvalue weighted by Crippen LogP contribution is 2.25. The summed E-state index contributed by atoms with van der Waals surface area (Å²) in [6.45, 7) is 0. The first kappa shape index (κ1) is 16.9. The second-order valence-electron chi connectivity index (χ2n) is 5.97. The molecule has 2 N–H and O–H groups in total. The minimum absolute atomic E-state index is 0.388. The second-order valence-corrected chi connectivity index (χ2v) is 5.97. The molecule has 1 unspecified atom stereocenters. The van der Waals surface area contributed by atoms with Gasteiger partial charge in [-0.15, -0.1) is 0 Å². The van der Waals surface area contributed by atoms with Crippen LogP contribution in [-0.2, 0) is 16.0 Å². The SMILES string of the molecule is COC(=O)C(N)Cc1ccc(-c2ccc(-c3ccccc3)cc2)cc1. The van der Waals surface area contributed by atoms with Gasteiger partial charge in [-0.25, -0.2) is 0 Å². The lowest BCUT2D eigenvalue weighted by atomic mass is 9.98. The van der Waals surface area contributed by atoms with Gasteiger partial charge < -0.3 is 10.5 Å². The Balaban J connectivity index is 1.73. The molecular weight excluding hydrogens is 310 g/mol. The molecule has 3 aromatic rings. The van der Waals surface area contributed by atoms with Crippen molar-refractivity contribution in [1.29, 1.82) is 0 Å². The van der Waals surface area contributed by atoms with Gasteiger partial charge in [0.15, 0.2) is 0 Å². The van der Waals surface area contributed by atoms with Crippen LogP contribution in [0.1, 0.15) is 5.56 Å². The number of methoxy groups -OCH3 is 1. The lowest BCUT2D eigenvalue weighted by Gasteiger charge is -2.10. The largest absolute Gasteiger partial charge is 0.468 e. The minimum Gasteiger partial charge on any atom is -0.468 e. The first-order valence-electron chi connectivity index (χ1n) is 8.25. The molecule has 0 heterocycles. The van der Waals surface area contributed by atoms with Gasteiger partial charge in [0.1, 0.15) is 6.04 Å². The third-order valence-electron chi connectivity index (χ3n) is 4.24. The van der Waals surface area contributed by atoms with Gasteiger partial charge in [0.25, 0.3) is 0 Å².